The predicted octanol–water partition coefficient (Wildman–Crippen LogP) is 4.24. The van der Waals surface area contributed by atoms with Crippen LogP contribution in [0.25, 0.3) is 10.8 Å². The van der Waals surface area contributed by atoms with Gasteiger partial charge in [0.15, 0.2) is 5.15 Å². The van der Waals surface area contributed by atoms with Crippen LogP contribution in [0.2, 0.25) is 5.15 Å². The van der Waals surface area contributed by atoms with Crippen LogP contribution in [0.5, 0.6) is 0 Å². The van der Waals surface area contributed by atoms with Crippen LogP contribution in [-0.2, 0) is 6.54 Å². The zero-order chi connectivity index (χ0) is 17.2. The largest absolute Gasteiger partial charge is 0.366 e. The van der Waals surface area contributed by atoms with Crippen molar-refractivity contribution in [1.82, 2.24) is 15.2 Å². The standard InChI is InChI=1S/C19H15ClN4O/c20-18-17-10-14(6-7-16(17)19(25)23-22-18)24(15-8-9-21-11-15)12-13-4-2-1-3-5-13/h1-11,21H,12H2,(H,23,25). The second-order valence-corrected chi connectivity index (χ2v) is 6.07. The molecule has 0 saturated heterocycles. The van der Waals surface area contributed by atoms with Crippen LogP contribution in [0.4, 0.5) is 11.4 Å². The molecule has 0 fully saturated rings. The van der Waals surface area contributed by atoms with Crippen LogP contribution >= 0.6 is 11.6 Å². The van der Waals surface area contributed by atoms with Crippen LogP contribution in [0, 0.1) is 0 Å². The van der Waals surface area contributed by atoms with Gasteiger partial charge in [-0.2, -0.15) is 5.10 Å². The lowest BCUT2D eigenvalue weighted by Gasteiger charge is -2.24. The number of fused-ring (bicyclic) bond motifs is 1. The molecule has 0 aliphatic rings. The van der Waals surface area contributed by atoms with Crippen molar-refractivity contribution < 1.29 is 0 Å². The van der Waals surface area contributed by atoms with Gasteiger partial charge in [-0.1, -0.05) is 41.9 Å². The first kappa shape index (κ1) is 15.5. The smallest absolute Gasteiger partial charge is 0.272 e. The Labute approximate surface area is 148 Å². The van der Waals surface area contributed by atoms with Crippen molar-refractivity contribution in [1.29, 1.82) is 0 Å². The van der Waals surface area contributed by atoms with Crippen molar-refractivity contribution in [3.8, 4) is 0 Å². The average Bonchev–Trinajstić information content (AvgIpc) is 3.18. The molecule has 25 heavy (non-hydrogen) atoms. The fraction of sp³-hybridized carbons (Fsp3) is 0.0526. The Kier molecular flexibility index (Phi) is 3.99. The first-order valence-electron chi connectivity index (χ1n) is 7.84. The molecule has 4 aromatic rings. The summed E-state index contributed by atoms with van der Waals surface area (Å²) in [4.78, 5) is 17.2. The molecule has 0 amide bonds. The SMILES string of the molecule is O=c1[nH]nc(Cl)c2cc(N(Cc3ccccc3)c3cc[nH]c3)ccc12. The minimum Gasteiger partial charge on any atom is -0.366 e. The molecule has 6 heteroatoms. The summed E-state index contributed by atoms with van der Waals surface area (Å²) in [6.07, 6.45) is 3.82. The Morgan fingerprint density at radius 1 is 1.00 bits per heavy atom. The monoisotopic (exact) mass is 350 g/mol. The number of nitrogens with zero attached hydrogens (tertiary/aromatic N) is 2. The van der Waals surface area contributed by atoms with Crippen molar-refractivity contribution >= 4 is 33.7 Å². The fourth-order valence-electron chi connectivity index (χ4n) is 2.87. The molecule has 2 N–H and O–H groups in total. The molecule has 0 radical (unpaired) electrons. The number of hydrogen-bond acceptors (Lipinski definition) is 3. The maximum absolute atomic E-state index is 11.9. The van der Waals surface area contributed by atoms with Gasteiger partial charge in [-0.3, -0.25) is 4.79 Å². The van der Waals surface area contributed by atoms with Crippen LogP contribution < -0.4 is 10.5 Å². The zero-order valence-electron chi connectivity index (χ0n) is 13.2. The third-order valence-electron chi connectivity index (χ3n) is 4.11. The summed E-state index contributed by atoms with van der Waals surface area (Å²) >= 11 is 6.18. The highest BCUT2D eigenvalue weighted by Crippen LogP contribution is 2.30. The lowest BCUT2D eigenvalue weighted by molar-refractivity contribution is 0.975. The Hall–Kier alpha value is -3.05. The molecule has 0 spiro atoms. The van der Waals surface area contributed by atoms with E-state index in [4.69, 9.17) is 11.6 Å². The molecule has 0 saturated carbocycles. The predicted molar refractivity (Wildman–Crippen MR) is 100 cm³/mol. The fourth-order valence-corrected chi connectivity index (χ4v) is 3.07. The van der Waals surface area contributed by atoms with Crippen LogP contribution in [0.15, 0.2) is 71.8 Å². The number of nitrogens with one attached hydrogen (secondary N) is 2. The Morgan fingerprint density at radius 2 is 1.84 bits per heavy atom. The van der Waals surface area contributed by atoms with Gasteiger partial charge in [-0.15, -0.1) is 0 Å². The minimum absolute atomic E-state index is 0.248. The van der Waals surface area contributed by atoms with Gasteiger partial charge in [0.25, 0.3) is 5.56 Å². The molecule has 0 unspecified atom stereocenters. The Morgan fingerprint density at radius 3 is 2.60 bits per heavy atom. The van der Waals surface area contributed by atoms with Gasteiger partial charge in [0.05, 0.1) is 11.1 Å². The van der Waals surface area contributed by atoms with Crippen LogP contribution in [0.1, 0.15) is 5.56 Å². The Bertz CT molecular complexity index is 1060. The average molecular weight is 351 g/mol. The van der Waals surface area contributed by atoms with Crippen molar-refractivity contribution in [2.45, 2.75) is 6.54 Å². The zero-order valence-corrected chi connectivity index (χ0v) is 14.0. The van der Waals surface area contributed by atoms with E-state index in [0.29, 0.717) is 17.3 Å². The van der Waals surface area contributed by atoms with Crippen molar-refractivity contribution in [3.05, 3.63) is 88.1 Å². The first-order chi connectivity index (χ1) is 12.2. The van der Waals surface area contributed by atoms with Gasteiger partial charge in [0.2, 0.25) is 0 Å². The Balaban J connectivity index is 1.83. The lowest BCUT2D eigenvalue weighted by Crippen LogP contribution is -2.16. The lowest BCUT2D eigenvalue weighted by atomic mass is 10.1. The van der Waals surface area contributed by atoms with Gasteiger partial charge in [0, 0.05) is 30.0 Å². The highest BCUT2D eigenvalue weighted by Gasteiger charge is 2.13. The summed E-state index contributed by atoms with van der Waals surface area (Å²) in [6.45, 7) is 0.693. The topological polar surface area (TPSA) is 64.8 Å². The van der Waals surface area contributed by atoms with Gasteiger partial charge in [-0.25, -0.2) is 5.10 Å². The molecule has 0 aliphatic heterocycles. The van der Waals surface area contributed by atoms with E-state index < -0.39 is 0 Å². The molecule has 2 aromatic carbocycles. The maximum atomic E-state index is 11.9. The molecular weight excluding hydrogens is 336 g/mol. The summed E-state index contributed by atoms with van der Waals surface area (Å²) in [5, 5.41) is 7.70. The summed E-state index contributed by atoms with van der Waals surface area (Å²) in [5.74, 6) is 0. The first-order valence-corrected chi connectivity index (χ1v) is 8.22. The second-order valence-electron chi connectivity index (χ2n) is 5.71. The van der Waals surface area contributed by atoms with E-state index in [-0.39, 0.29) is 10.7 Å². The molecular formula is C19H15ClN4O. The van der Waals surface area contributed by atoms with E-state index in [1.54, 1.807) is 6.07 Å². The van der Waals surface area contributed by atoms with E-state index in [1.165, 1.54) is 5.56 Å². The molecule has 124 valence electrons. The summed E-state index contributed by atoms with van der Waals surface area (Å²) in [7, 11) is 0. The van der Waals surface area contributed by atoms with E-state index in [2.05, 4.69) is 32.2 Å². The third-order valence-corrected chi connectivity index (χ3v) is 4.40. The number of benzene rings is 2. The van der Waals surface area contributed by atoms with E-state index >= 15 is 0 Å². The van der Waals surface area contributed by atoms with Crippen molar-refractivity contribution in [2.75, 3.05) is 4.90 Å². The number of halogens is 1. The van der Waals surface area contributed by atoms with E-state index in [0.717, 1.165) is 11.4 Å². The van der Waals surface area contributed by atoms with Crippen molar-refractivity contribution in [3.63, 3.8) is 0 Å². The number of rotatable bonds is 4. The molecule has 2 aromatic heterocycles. The molecule has 0 aliphatic carbocycles. The quantitative estimate of drug-likeness (QED) is 0.578. The minimum atomic E-state index is -0.248. The van der Waals surface area contributed by atoms with Crippen molar-refractivity contribution in [2.24, 2.45) is 0 Å². The number of H-pyrrole nitrogens is 2. The maximum Gasteiger partial charge on any atom is 0.272 e. The number of anilines is 2. The van der Waals surface area contributed by atoms with Gasteiger partial charge in [0.1, 0.15) is 0 Å². The van der Waals surface area contributed by atoms with Gasteiger partial charge in [-0.05, 0) is 29.8 Å². The van der Waals surface area contributed by atoms with Gasteiger partial charge < -0.3 is 9.88 Å². The highest BCUT2D eigenvalue weighted by molar-refractivity contribution is 6.34. The molecule has 0 bridgehead atoms. The normalized spacial score (nSPS) is 10.9. The number of aromatic amines is 2. The molecule has 2 heterocycles. The summed E-state index contributed by atoms with van der Waals surface area (Å²) in [5.41, 5.74) is 2.89. The highest BCUT2D eigenvalue weighted by atomic mass is 35.5. The summed E-state index contributed by atoms with van der Waals surface area (Å²) in [6, 6.07) is 17.8. The van der Waals surface area contributed by atoms with Crippen LogP contribution in [0.3, 0.4) is 0 Å². The number of hydrogen-bond donors (Lipinski definition) is 2. The van der Waals surface area contributed by atoms with Gasteiger partial charge >= 0.3 is 0 Å². The molecule has 5 nitrogen and oxygen atoms in total. The second kappa shape index (κ2) is 6.45. The number of aromatic nitrogens is 3. The van der Waals surface area contributed by atoms with Crippen LogP contribution in [-0.4, -0.2) is 15.2 Å². The molecule has 4 rings (SSSR count). The van der Waals surface area contributed by atoms with E-state index in [9.17, 15) is 4.79 Å². The summed E-state index contributed by atoms with van der Waals surface area (Å²) < 4.78 is 0. The molecule has 0 atom stereocenters. The third kappa shape index (κ3) is 3.02. The van der Waals surface area contributed by atoms with E-state index in [1.807, 2.05) is 48.8 Å².